The predicted molar refractivity (Wildman–Crippen MR) is 66.8 cm³/mol. The number of carbonyl (C=O) groups is 1. The molecule has 0 aromatic carbocycles. The first-order valence-electron chi connectivity index (χ1n) is 5.73. The molecule has 6 heteroatoms. The molecule has 1 N–H and O–H groups in total. The standard InChI is InChI=1S/C11H16N4OS/c16-11(15-6-1-3-12-5-7-15)8-17-10-2-4-13-9-14-10/h2,4,9,12H,1,3,5-8H2. The minimum Gasteiger partial charge on any atom is -0.341 e. The second kappa shape index (κ2) is 6.56. The molecule has 0 atom stereocenters. The van der Waals surface area contributed by atoms with Crippen molar-refractivity contribution < 1.29 is 4.79 Å². The number of hydrogen-bond donors (Lipinski definition) is 1. The summed E-state index contributed by atoms with van der Waals surface area (Å²) in [7, 11) is 0. The Balaban J connectivity index is 1.80. The molecular formula is C11H16N4OS. The minimum absolute atomic E-state index is 0.192. The summed E-state index contributed by atoms with van der Waals surface area (Å²) in [5.41, 5.74) is 0. The third kappa shape index (κ3) is 3.98. The van der Waals surface area contributed by atoms with Crippen LogP contribution in [0.1, 0.15) is 6.42 Å². The van der Waals surface area contributed by atoms with Gasteiger partial charge < -0.3 is 10.2 Å². The van der Waals surface area contributed by atoms with Gasteiger partial charge in [0.15, 0.2) is 0 Å². The molecule has 1 aromatic rings. The lowest BCUT2D eigenvalue weighted by Crippen LogP contribution is -2.35. The van der Waals surface area contributed by atoms with Crippen LogP contribution >= 0.6 is 11.8 Å². The highest BCUT2D eigenvalue weighted by Crippen LogP contribution is 2.14. The molecule has 1 fully saturated rings. The van der Waals surface area contributed by atoms with Crippen LogP contribution in [0, 0.1) is 0 Å². The summed E-state index contributed by atoms with van der Waals surface area (Å²) in [6.45, 7) is 3.56. The van der Waals surface area contributed by atoms with Crippen molar-refractivity contribution in [3.05, 3.63) is 18.6 Å². The van der Waals surface area contributed by atoms with E-state index >= 15 is 0 Å². The molecule has 0 aliphatic carbocycles. The molecule has 17 heavy (non-hydrogen) atoms. The molecule has 0 bridgehead atoms. The minimum atomic E-state index is 0.192. The summed E-state index contributed by atoms with van der Waals surface area (Å²) in [5, 5.41) is 4.13. The van der Waals surface area contributed by atoms with Gasteiger partial charge in [-0.05, 0) is 19.0 Å². The summed E-state index contributed by atoms with van der Waals surface area (Å²) in [4.78, 5) is 21.8. The number of carbonyl (C=O) groups excluding carboxylic acids is 1. The van der Waals surface area contributed by atoms with Crippen LogP contribution in [0.25, 0.3) is 0 Å². The van der Waals surface area contributed by atoms with Crippen molar-refractivity contribution in [2.24, 2.45) is 0 Å². The van der Waals surface area contributed by atoms with Gasteiger partial charge in [-0.2, -0.15) is 0 Å². The van der Waals surface area contributed by atoms with Crippen LogP contribution in [0.3, 0.4) is 0 Å². The first-order chi connectivity index (χ1) is 8.36. The van der Waals surface area contributed by atoms with Gasteiger partial charge in [0.05, 0.1) is 10.8 Å². The van der Waals surface area contributed by atoms with Crippen LogP contribution in [-0.4, -0.2) is 52.7 Å². The van der Waals surface area contributed by atoms with Gasteiger partial charge in [0.25, 0.3) is 0 Å². The Morgan fingerprint density at radius 2 is 2.41 bits per heavy atom. The molecule has 1 saturated heterocycles. The van der Waals surface area contributed by atoms with Gasteiger partial charge in [-0.25, -0.2) is 9.97 Å². The number of amides is 1. The van der Waals surface area contributed by atoms with Gasteiger partial charge in [0.2, 0.25) is 5.91 Å². The first-order valence-corrected chi connectivity index (χ1v) is 6.72. The van der Waals surface area contributed by atoms with Gasteiger partial charge in [0, 0.05) is 25.8 Å². The number of rotatable bonds is 3. The fourth-order valence-electron chi connectivity index (χ4n) is 1.69. The van der Waals surface area contributed by atoms with Crippen molar-refractivity contribution in [2.75, 3.05) is 31.9 Å². The third-order valence-corrected chi connectivity index (χ3v) is 3.52. The van der Waals surface area contributed by atoms with Crippen LogP contribution in [-0.2, 0) is 4.79 Å². The fraction of sp³-hybridized carbons (Fsp3) is 0.545. The van der Waals surface area contributed by atoms with E-state index in [1.54, 1.807) is 6.20 Å². The number of hydrogen-bond acceptors (Lipinski definition) is 5. The monoisotopic (exact) mass is 252 g/mol. The number of thioether (sulfide) groups is 1. The van der Waals surface area contributed by atoms with Gasteiger partial charge in [-0.3, -0.25) is 4.79 Å². The normalized spacial score (nSPS) is 16.6. The Labute approximate surface area is 105 Å². The maximum absolute atomic E-state index is 12.0. The van der Waals surface area contributed by atoms with E-state index in [9.17, 15) is 4.79 Å². The molecule has 2 rings (SSSR count). The maximum Gasteiger partial charge on any atom is 0.233 e. The van der Waals surface area contributed by atoms with E-state index in [-0.39, 0.29) is 5.91 Å². The molecule has 5 nitrogen and oxygen atoms in total. The molecule has 0 spiro atoms. The number of aromatic nitrogens is 2. The highest BCUT2D eigenvalue weighted by atomic mass is 32.2. The zero-order chi connectivity index (χ0) is 11.9. The molecule has 0 saturated carbocycles. The van der Waals surface area contributed by atoms with Gasteiger partial charge in [-0.15, -0.1) is 0 Å². The molecule has 1 aliphatic heterocycles. The first kappa shape index (κ1) is 12.3. The van der Waals surface area contributed by atoms with Crippen molar-refractivity contribution >= 4 is 17.7 Å². The van der Waals surface area contributed by atoms with Crippen LogP contribution < -0.4 is 5.32 Å². The summed E-state index contributed by atoms with van der Waals surface area (Å²) < 4.78 is 0. The van der Waals surface area contributed by atoms with E-state index < -0.39 is 0 Å². The van der Waals surface area contributed by atoms with E-state index in [1.165, 1.54) is 18.1 Å². The van der Waals surface area contributed by atoms with Crippen LogP contribution in [0.5, 0.6) is 0 Å². The highest BCUT2D eigenvalue weighted by Gasteiger charge is 2.15. The fourth-order valence-corrected chi connectivity index (χ4v) is 2.42. The Hall–Kier alpha value is -1.14. The van der Waals surface area contributed by atoms with Crippen LogP contribution in [0.2, 0.25) is 0 Å². The molecule has 1 aromatic heterocycles. The molecule has 0 unspecified atom stereocenters. The lowest BCUT2D eigenvalue weighted by molar-refractivity contribution is -0.128. The average Bonchev–Trinajstić information content (AvgIpc) is 2.66. The summed E-state index contributed by atoms with van der Waals surface area (Å²) in [5.74, 6) is 0.647. The van der Waals surface area contributed by atoms with Crippen LogP contribution in [0.4, 0.5) is 0 Å². The molecule has 0 radical (unpaired) electrons. The zero-order valence-corrected chi connectivity index (χ0v) is 10.4. The Morgan fingerprint density at radius 3 is 3.24 bits per heavy atom. The lowest BCUT2D eigenvalue weighted by atomic mass is 10.4. The SMILES string of the molecule is O=C(CSc1ccncn1)N1CCCNCC1. The molecular weight excluding hydrogens is 236 g/mol. The number of nitrogens with zero attached hydrogens (tertiary/aromatic N) is 3. The Bertz CT molecular complexity index is 352. The molecule has 92 valence electrons. The van der Waals surface area contributed by atoms with Gasteiger partial charge >= 0.3 is 0 Å². The Morgan fingerprint density at radius 1 is 1.47 bits per heavy atom. The van der Waals surface area contributed by atoms with E-state index in [0.29, 0.717) is 5.75 Å². The smallest absolute Gasteiger partial charge is 0.233 e. The summed E-state index contributed by atoms with van der Waals surface area (Å²) in [6.07, 6.45) is 4.22. The van der Waals surface area contributed by atoms with E-state index in [2.05, 4.69) is 15.3 Å². The average molecular weight is 252 g/mol. The third-order valence-electron chi connectivity index (χ3n) is 2.59. The van der Waals surface area contributed by atoms with E-state index in [0.717, 1.165) is 37.6 Å². The van der Waals surface area contributed by atoms with Crippen molar-refractivity contribution in [1.82, 2.24) is 20.2 Å². The maximum atomic E-state index is 12.0. The topological polar surface area (TPSA) is 58.1 Å². The van der Waals surface area contributed by atoms with Crippen LogP contribution in [0.15, 0.2) is 23.6 Å². The van der Waals surface area contributed by atoms with Gasteiger partial charge in [0.1, 0.15) is 6.33 Å². The van der Waals surface area contributed by atoms with E-state index in [1.807, 2.05) is 11.0 Å². The quantitative estimate of drug-likeness (QED) is 0.623. The summed E-state index contributed by atoms with van der Waals surface area (Å²) in [6, 6.07) is 1.82. The second-order valence-corrected chi connectivity index (χ2v) is 4.82. The second-order valence-electron chi connectivity index (χ2n) is 3.82. The summed E-state index contributed by atoms with van der Waals surface area (Å²) >= 11 is 1.47. The highest BCUT2D eigenvalue weighted by molar-refractivity contribution is 7.99. The van der Waals surface area contributed by atoms with Crippen molar-refractivity contribution in [1.29, 1.82) is 0 Å². The van der Waals surface area contributed by atoms with Crippen molar-refractivity contribution in [3.8, 4) is 0 Å². The van der Waals surface area contributed by atoms with Crippen molar-refractivity contribution in [2.45, 2.75) is 11.4 Å². The number of nitrogens with one attached hydrogen (secondary N) is 1. The molecule has 1 amide bonds. The Kier molecular flexibility index (Phi) is 4.75. The largest absolute Gasteiger partial charge is 0.341 e. The predicted octanol–water partition coefficient (Wildman–Crippen LogP) is 0.391. The van der Waals surface area contributed by atoms with E-state index in [4.69, 9.17) is 0 Å². The zero-order valence-electron chi connectivity index (χ0n) is 9.63. The lowest BCUT2D eigenvalue weighted by Gasteiger charge is -2.19. The van der Waals surface area contributed by atoms with Crippen molar-refractivity contribution in [3.63, 3.8) is 0 Å². The molecule has 2 heterocycles. The molecule has 1 aliphatic rings. The van der Waals surface area contributed by atoms with Gasteiger partial charge in [-0.1, -0.05) is 11.8 Å².